The smallest absolute Gasteiger partial charge is 0.407 e. The van der Waals surface area contributed by atoms with Gasteiger partial charge in [0, 0.05) is 5.92 Å². The fourth-order valence-electron chi connectivity index (χ4n) is 3.90. The number of nitrogens with one attached hydrogen (secondary N) is 2. The van der Waals surface area contributed by atoms with Crippen molar-refractivity contribution in [2.75, 3.05) is 18.6 Å². The van der Waals surface area contributed by atoms with E-state index >= 15 is 0 Å². The molecule has 32 heavy (non-hydrogen) atoms. The third-order valence-electron chi connectivity index (χ3n) is 5.59. The van der Waals surface area contributed by atoms with Gasteiger partial charge in [-0.2, -0.15) is 11.8 Å². The first-order chi connectivity index (χ1) is 15.5. The molecule has 0 saturated heterocycles. The number of rotatable bonds is 10. The first-order valence-corrected chi connectivity index (χ1v) is 12.0. The fraction of sp³-hybridized carbons (Fsp3) is 0.375. The highest BCUT2D eigenvalue weighted by atomic mass is 32.2. The standard InChI is InChI=1S/C24H28N2O5S/c1-3-20(23(28)29)25-22(27)21(12-13-32-2)26-24(30)31-14-19-17-10-6-4-8-15(17)16-9-5-7-11-18(16)19/h4-11,19-21H,3,12-14H2,1-2H3,(H,25,27)(H,26,30)(H,28,29)/t20-,21+/m1/s1. The Kier molecular flexibility index (Phi) is 8.16. The average molecular weight is 457 g/mol. The predicted molar refractivity (Wildman–Crippen MR) is 125 cm³/mol. The van der Waals surface area contributed by atoms with Crippen LogP contribution in [0.2, 0.25) is 0 Å². The molecule has 0 aromatic heterocycles. The molecule has 0 fully saturated rings. The molecule has 7 nitrogen and oxygen atoms in total. The van der Waals surface area contributed by atoms with Crippen molar-refractivity contribution in [3.8, 4) is 11.1 Å². The number of hydrogen-bond donors (Lipinski definition) is 3. The van der Waals surface area contributed by atoms with E-state index in [9.17, 15) is 19.5 Å². The van der Waals surface area contributed by atoms with Crippen LogP contribution in [0, 0.1) is 0 Å². The first-order valence-electron chi connectivity index (χ1n) is 10.6. The first kappa shape index (κ1) is 23.7. The van der Waals surface area contributed by atoms with Crippen molar-refractivity contribution in [2.45, 2.75) is 37.8 Å². The van der Waals surface area contributed by atoms with Gasteiger partial charge >= 0.3 is 12.1 Å². The number of carbonyl (C=O) groups is 3. The van der Waals surface area contributed by atoms with Crippen LogP contribution in [0.5, 0.6) is 0 Å². The van der Waals surface area contributed by atoms with Crippen LogP contribution >= 0.6 is 11.8 Å². The highest BCUT2D eigenvalue weighted by molar-refractivity contribution is 7.98. The second kappa shape index (κ2) is 11.0. The van der Waals surface area contributed by atoms with Gasteiger partial charge in [0.1, 0.15) is 18.7 Å². The number of ether oxygens (including phenoxy) is 1. The van der Waals surface area contributed by atoms with E-state index in [1.807, 2.05) is 42.7 Å². The third kappa shape index (κ3) is 5.43. The van der Waals surface area contributed by atoms with Gasteiger partial charge < -0.3 is 20.5 Å². The van der Waals surface area contributed by atoms with E-state index in [1.165, 1.54) is 11.8 Å². The SMILES string of the molecule is CC[C@@H](NC(=O)[C@H](CCSC)NC(=O)OCC1c2ccccc2-c2ccccc21)C(=O)O. The van der Waals surface area contributed by atoms with E-state index < -0.39 is 30.1 Å². The molecule has 0 aliphatic heterocycles. The molecule has 2 aromatic rings. The lowest BCUT2D eigenvalue weighted by molar-refractivity contribution is -0.142. The highest BCUT2D eigenvalue weighted by Gasteiger charge is 2.30. The molecular weight excluding hydrogens is 428 g/mol. The van der Waals surface area contributed by atoms with Crippen LogP contribution in [-0.4, -0.2) is 53.8 Å². The van der Waals surface area contributed by atoms with Crippen molar-refractivity contribution in [3.63, 3.8) is 0 Å². The maximum atomic E-state index is 12.6. The number of amides is 2. The third-order valence-corrected chi connectivity index (χ3v) is 6.23. The Morgan fingerprint density at radius 2 is 1.59 bits per heavy atom. The maximum absolute atomic E-state index is 12.6. The number of alkyl carbamates (subject to hydrolysis) is 1. The second-order valence-corrected chi connectivity index (χ2v) is 8.60. The molecule has 2 atom stereocenters. The molecule has 1 aliphatic carbocycles. The second-order valence-electron chi connectivity index (χ2n) is 7.61. The summed E-state index contributed by atoms with van der Waals surface area (Å²) in [6, 6.07) is 14.2. The molecule has 3 rings (SSSR count). The summed E-state index contributed by atoms with van der Waals surface area (Å²) in [6.07, 6.45) is 1.82. The summed E-state index contributed by atoms with van der Waals surface area (Å²) in [5, 5.41) is 14.3. The van der Waals surface area contributed by atoms with E-state index in [0.29, 0.717) is 12.2 Å². The van der Waals surface area contributed by atoms with Crippen LogP contribution in [0.1, 0.15) is 36.8 Å². The molecule has 2 amide bonds. The fourth-order valence-corrected chi connectivity index (χ4v) is 4.37. The van der Waals surface area contributed by atoms with E-state index in [2.05, 4.69) is 22.8 Å². The molecule has 0 unspecified atom stereocenters. The summed E-state index contributed by atoms with van der Waals surface area (Å²) < 4.78 is 5.53. The van der Waals surface area contributed by atoms with Crippen molar-refractivity contribution >= 4 is 29.7 Å². The van der Waals surface area contributed by atoms with Gasteiger partial charge in [-0.15, -0.1) is 0 Å². The molecule has 0 bridgehead atoms. The van der Waals surface area contributed by atoms with Gasteiger partial charge in [0.05, 0.1) is 0 Å². The number of aliphatic carboxylic acids is 1. The molecule has 0 radical (unpaired) electrons. The quantitative estimate of drug-likeness (QED) is 0.504. The average Bonchev–Trinajstić information content (AvgIpc) is 3.12. The molecule has 0 heterocycles. The molecule has 0 spiro atoms. The minimum absolute atomic E-state index is 0.0805. The van der Waals surface area contributed by atoms with Crippen LogP contribution in [0.25, 0.3) is 11.1 Å². The zero-order chi connectivity index (χ0) is 23.1. The number of carbonyl (C=O) groups excluding carboxylic acids is 2. The Balaban J connectivity index is 1.65. The molecule has 3 N–H and O–H groups in total. The molecule has 170 valence electrons. The van der Waals surface area contributed by atoms with Crippen LogP contribution in [-0.2, 0) is 14.3 Å². The lowest BCUT2D eigenvalue weighted by atomic mass is 9.98. The van der Waals surface area contributed by atoms with Crippen molar-refractivity contribution < 1.29 is 24.2 Å². The van der Waals surface area contributed by atoms with E-state index in [-0.39, 0.29) is 18.9 Å². The number of carboxylic acid groups (broad SMARTS) is 1. The molecule has 0 saturated carbocycles. The van der Waals surface area contributed by atoms with Crippen molar-refractivity contribution in [3.05, 3.63) is 59.7 Å². The summed E-state index contributed by atoms with van der Waals surface area (Å²) in [4.78, 5) is 36.4. The largest absolute Gasteiger partial charge is 0.480 e. The van der Waals surface area contributed by atoms with Gasteiger partial charge in [-0.05, 0) is 47.1 Å². The molecule has 2 aromatic carbocycles. The summed E-state index contributed by atoms with van der Waals surface area (Å²) >= 11 is 1.54. The van der Waals surface area contributed by atoms with E-state index in [0.717, 1.165) is 22.3 Å². The normalized spacial score (nSPS) is 14.1. The monoisotopic (exact) mass is 456 g/mol. The van der Waals surface area contributed by atoms with Gasteiger partial charge in [0.15, 0.2) is 0 Å². The van der Waals surface area contributed by atoms with Gasteiger partial charge in [-0.1, -0.05) is 55.5 Å². The Morgan fingerprint density at radius 1 is 1.00 bits per heavy atom. The van der Waals surface area contributed by atoms with Gasteiger partial charge in [0.25, 0.3) is 0 Å². The van der Waals surface area contributed by atoms with E-state index in [4.69, 9.17) is 4.74 Å². The minimum Gasteiger partial charge on any atom is -0.480 e. The van der Waals surface area contributed by atoms with Gasteiger partial charge in [-0.3, -0.25) is 4.79 Å². The lowest BCUT2D eigenvalue weighted by Crippen LogP contribution is -2.51. The summed E-state index contributed by atoms with van der Waals surface area (Å²) in [6.45, 7) is 1.82. The van der Waals surface area contributed by atoms with Crippen molar-refractivity contribution in [1.82, 2.24) is 10.6 Å². The summed E-state index contributed by atoms with van der Waals surface area (Å²) in [7, 11) is 0. The van der Waals surface area contributed by atoms with Crippen molar-refractivity contribution in [2.24, 2.45) is 0 Å². The predicted octanol–water partition coefficient (Wildman–Crippen LogP) is 3.63. The van der Waals surface area contributed by atoms with Crippen molar-refractivity contribution in [1.29, 1.82) is 0 Å². The Hall–Kier alpha value is -3.00. The zero-order valence-corrected chi connectivity index (χ0v) is 19.0. The van der Waals surface area contributed by atoms with Gasteiger partial charge in [-0.25, -0.2) is 9.59 Å². The Morgan fingerprint density at radius 3 is 2.12 bits per heavy atom. The van der Waals surface area contributed by atoms with Crippen LogP contribution in [0.3, 0.4) is 0 Å². The number of benzene rings is 2. The number of carboxylic acids is 1. The van der Waals surface area contributed by atoms with E-state index in [1.54, 1.807) is 6.92 Å². The maximum Gasteiger partial charge on any atom is 0.407 e. The number of thioether (sulfide) groups is 1. The molecule has 8 heteroatoms. The lowest BCUT2D eigenvalue weighted by Gasteiger charge is -2.21. The van der Waals surface area contributed by atoms with Crippen LogP contribution in [0.15, 0.2) is 48.5 Å². The van der Waals surface area contributed by atoms with Crippen LogP contribution < -0.4 is 10.6 Å². The van der Waals surface area contributed by atoms with Gasteiger partial charge in [0.2, 0.25) is 5.91 Å². The number of hydrogen-bond acceptors (Lipinski definition) is 5. The summed E-state index contributed by atoms with van der Waals surface area (Å²) in [5.41, 5.74) is 4.47. The highest BCUT2D eigenvalue weighted by Crippen LogP contribution is 2.44. The number of fused-ring (bicyclic) bond motifs is 3. The topological polar surface area (TPSA) is 105 Å². The molecular formula is C24H28N2O5S. The summed E-state index contributed by atoms with van der Waals surface area (Å²) in [5.74, 6) is -1.08. The Bertz CT molecular complexity index is 935. The minimum atomic E-state index is -1.11. The van der Waals surface area contributed by atoms with Crippen LogP contribution in [0.4, 0.5) is 4.79 Å². The zero-order valence-electron chi connectivity index (χ0n) is 18.2. The molecule has 1 aliphatic rings. The Labute approximate surface area is 191 Å².